The Morgan fingerprint density at radius 2 is 2.24 bits per heavy atom. The van der Waals surface area contributed by atoms with Gasteiger partial charge in [0.25, 0.3) is 0 Å². The van der Waals surface area contributed by atoms with E-state index in [1.165, 1.54) is 7.11 Å². The van der Waals surface area contributed by atoms with Crippen LogP contribution in [0.25, 0.3) is 0 Å². The van der Waals surface area contributed by atoms with Gasteiger partial charge < -0.3 is 10.1 Å². The van der Waals surface area contributed by atoms with E-state index in [1.807, 2.05) is 6.07 Å². The van der Waals surface area contributed by atoms with Gasteiger partial charge in [-0.1, -0.05) is 15.9 Å². The number of halogens is 1. The fourth-order valence-electron chi connectivity index (χ4n) is 1.86. The van der Waals surface area contributed by atoms with Crippen LogP contribution < -0.4 is 10.1 Å². The molecule has 0 fully saturated rings. The number of carbonyl (C=O) groups is 2. The van der Waals surface area contributed by atoms with Gasteiger partial charge in [0.1, 0.15) is 5.75 Å². The van der Waals surface area contributed by atoms with Gasteiger partial charge in [0.05, 0.1) is 18.1 Å². The highest BCUT2D eigenvalue weighted by Gasteiger charge is 2.21. The molecular formula is C12H12BrNO3. The summed E-state index contributed by atoms with van der Waals surface area (Å²) in [6.07, 6.45) is 1.09. The number of hydrogen-bond donors (Lipinski definition) is 1. The maximum atomic E-state index is 11.6. The van der Waals surface area contributed by atoms with Crippen molar-refractivity contribution in [1.82, 2.24) is 0 Å². The van der Waals surface area contributed by atoms with E-state index in [1.54, 1.807) is 6.07 Å². The molecule has 90 valence electrons. The SMILES string of the molecule is COc1cc(C(=O)CBr)cc2c1NC(=O)CC2. The molecule has 0 aromatic heterocycles. The van der Waals surface area contributed by atoms with Crippen LogP contribution in [0.15, 0.2) is 12.1 Å². The monoisotopic (exact) mass is 297 g/mol. The van der Waals surface area contributed by atoms with E-state index in [9.17, 15) is 9.59 Å². The van der Waals surface area contributed by atoms with E-state index in [-0.39, 0.29) is 17.0 Å². The standard InChI is InChI=1S/C12H12BrNO3/c1-17-10-5-8(9(15)6-13)4-7-2-3-11(16)14-12(7)10/h4-5H,2-3,6H2,1H3,(H,14,16). The molecule has 0 aliphatic carbocycles. The van der Waals surface area contributed by atoms with Gasteiger partial charge in [-0.15, -0.1) is 0 Å². The van der Waals surface area contributed by atoms with Crippen molar-refractivity contribution in [3.8, 4) is 5.75 Å². The van der Waals surface area contributed by atoms with Crippen LogP contribution in [0.3, 0.4) is 0 Å². The summed E-state index contributed by atoms with van der Waals surface area (Å²) in [5, 5.41) is 3.06. The molecule has 1 heterocycles. The zero-order chi connectivity index (χ0) is 12.4. The molecule has 1 aliphatic rings. The number of carbonyl (C=O) groups excluding carboxylic acids is 2. The molecule has 0 spiro atoms. The van der Waals surface area contributed by atoms with Crippen molar-refractivity contribution in [3.63, 3.8) is 0 Å². The van der Waals surface area contributed by atoms with Crippen LogP contribution in [0.1, 0.15) is 22.3 Å². The number of aryl methyl sites for hydroxylation is 1. The number of fused-ring (bicyclic) bond motifs is 1. The molecule has 0 saturated heterocycles. The Bertz CT molecular complexity index is 468. The normalized spacial score (nSPS) is 13.9. The summed E-state index contributed by atoms with van der Waals surface area (Å²) in [6.45, 7) is 0. The lowest BCUT2D eigenvalue weighted by atomic mass is 9.98. The van der Waals surface area contributed by atoms with E-state index in [2.05, 4.69) is 21.2 Å². The Balaban J connectivity index is 2.49. The van der Waals surface area contributed by atoms with Gasteiger partial charge in [-0.05, 0) is 24.1 Å². The van der Waals surface area contributed by atoms with Crippen LogP contribution in [0, 0.1) is 0 Å². The number of ketones is 1. The molecule has 1 aromatic rings. The lowest BCUT2D eigenvalue weighted by molar-refractivity contribution is -0.116. The number of benzene rings is 1. The second-order valence-electron chi connectivity index (χ2n) is 3.82. The van der Waals surface area contributed by atoms with Crippen molar-refractivity contribution < 1.29 is 14.3 Å². The predicted molar refractivity (Wildman–Crippen MR) is 68.1 cm³/mol. The first-order valence-corrected chi connectivity index (χ1v) is 6.37. The van der Waals surface area contributed by atoms with Crippen LogP contribution in [0.4, 0.5) is 5.69 Å². The minimum absolute atomic E-state index is 0.00278. The van der Waals surface area contributed by atoms with Gasteiger partial charge in [-0.2, -0.15) is 0 Å². The number of nitrogens with one attached hydrogen (secondary N) is 1. The molecule has 1 aromatic carbocycles. The van der Waals surface area contributed by atoms with Gasteiger partial charge in [-0.25, -0.2) is 0 Å². The Hall–Kier alpha value is -1.36. The first-order chi connectivity index (χ1) is 8.15. The average molecular weight is 298 g/mol. The molecule has 17 heavy (non-hydrogen) atoms. The smallest absolute Gasteiger partial charge is 0.224 e. The molecule has 0 atom stereocenters. The highest BCUT2D eigenvalue weighted by Crippen LogP contribution is 2.34. The minimum atomic E-state index is -0.0182. The zero-order valence-corrected chi connectivity index (χ0v) is 11.0. The van der Waals surface area contributed by atoms with Crippen LogP contribution >= 0.6 is 15.9 Å². The molecule has 1 N–H and O–H groups in total. The maximum absolute atomic E-state index is 11.6. The van der Waals surface area contributed by atoms with E-state index in [0.717, 1.165) is 5.56 Å². The van der Waals surface area contributed by atoms with Crippen LogP contribution in [0.2, 0.25) is 0 Å². The third-order valence-corrected chi connectivity index (χ3v) is 3.24. The summed E-state index contributed by atoms with van der Waals surface area (Å²) < 4.78 is 5.21. The number of alkyl halides is 1. The topological polar surface area (TPSA) is 55.4 Å². The third-order valence-electron chi connectivity index (χ3n) is 2.73. The molecule has 0 saturated carbocycles. The average Bonchev–Trinajstić information content (AvgIpc) is 2.36. The van der Waals surface area contributed by atoms with Crippen molar-refractivity contribution in [2.75, 3.05) is 17.8 Å². The van der Waals surface area contributed by atoms with E-state index in [0.29, 0.717) is 29.8 Å². The molecule has 0 radical (unpaired) electrons. The first-order valence-electron chi connectivity index (χ1n) is 5.25. The molecule has 0 unspecified atom stereocenters. The Kier molecular flexibility index (Phi) is 3.47. The van der Waals surface area contributed by atoms with Gasteiger partial charge in [0.15, 0.2) is 5.78 Å². The summed E-state index contributed by atoms with van der Waals surface area (Å²) in [5.41, 5.74) is 2.25. The molecule has 1 amide bonds. The molecule has 4 nitrogen and oxygen atoms in total. The molecule has 0 bridgehead atoms. The largest absolute Gasteiger partial charge is 0.495 e. The Morgan fingerprint density at radius 1 is 1.47 bits per heavy atom. The molecule has 1 aliphatic heterocycles. The van der Waals surface area contributed by atoms with Crippen molar-refractivity contribution in [2.24, 2.45) is 0 Å². The minimum Gasteiger partial charge on any atom is -0.495 e. The quantitative estimate of drug-likeness (QED) is 0.687. The number of methoxy groups -OCH3 is 1. The van der Waals surface area contributed by atoms with Crippen molar-refractivity contribution in [3.05, 3.63) is 23.3 Å². The molecule has 5 heteroatoms. The highest BCUT2D eigenvalue weighted by atomic mass is 79.9. The summed E-state index contributed by atoms with van der Waals surface area (Å²) in [7, 11) is 1.53. The van der Waals surface area contributed by atoms with Gasteiger partial charge in [0.2, 0.25) is 5.91 Å². The number of amides is 1. The zero-order valence-electron chi connectivity index (χ0n) is 9.38. The first kappa shape index (κ1) is 12.1. The highest BCUT2D eigenvalue weighted by molar-refractivity contribution is 9.09. The number of anilines is 1. The fourth-order valence-corrected chi connectivity index (χ4v) is 2.19. The summed E-state index contributed by atoms with van der Waals surface area (Å²) in [6, 6.07) is 3.48. The third kappa shape index (κ3) is 2.34. The van der Waals surface area contributed by atoms with Gasteiger partial charge >= 0.3 is 0 Å². The van der Waals surface area contributed by atoms with Gasteiger partial charge in [0, 0.05) is 12.0 Å². The van der Waals surface area contributed by atoms with Crippen molar-refractivity contribution in [2.45, 2.75) is 12.8 Å². The second kappa shape index (κ2) is 4.87. The molecular weight excluding hydrogens is 286 g/mol. The van der Waals surface area contributed by atoms with E-state index < -0.39 is 0 Å². The summed E-state index contributed by atoms with van der Waals surface area (Å²) in [5.74, 6) is 0.526. The number of ether oxygens (including phenoxy) is 1. The van der Waals surface area contributed by atoms with Crippen LogP contribution in [-0.4, -0.2) is 24.1 Å². The lowest BCUT2D eigenvalue weighted by Crippen LogP contribution is -2.20. The Labute approximate surface area is 107 Å². The number of rotatable bonds is 3. The summed E-state index contributed by atoms with van der Waals surface area (Å²) in [4.78, 5) is 23.0. The fraction of sp³-hybridized carbons (Fsp3) is 0.333. The number of hydrogen-bond acceptors (Lipinski definition) is 3. The van der Waals surface area contributed by atoms with Crippen molar-refractivity contribution in [1.29, 1.82) is 0 Å². The van der Waals surface area contributed by atoms with Crippen LogP contribution in [0.5, 0.6) is 5.75 Å². The number of Topliss-reactive ketones (excluding diaryl/α,β-unsaturated/α-hetero) is 1. The van der Waals surface area contributed by atoms with E-state index in [4.69, 9.17) is 4.74 Å². The lowest BCUT2D eigenvalue weighted by Gasteiger charge is -2.20. The predicted octanol–water partition coefficient (Wildman–Crippen LogP) is 2.16. The summed E-state index contributed by atoms with van der Waals surface area (Å²) >= 11 is 3.14. The van der Waals surface area contributed by atoms with E-state index >= 15 is 0 Å². The second-order valence-corrected chi connectivity index (χ2v) is 4.38. The Morgan fingerprint density at radius 3 is 2.88 bits per heavy atom. The van der Waals surface area contributed by atoms with Crippen molar-refractivity contribution >= 4 is 33.3 Å². The van der Waals surface area contributed by atoms with Crippen LogP contribution in [-0.2, 0) is 11.2 Å². The van der Waals surface area contributed by atoms with Gasteiger partial charge in [-0.3, -0.25) is 9.59 Å². The maximum Gasteiger partial charge on any atom is 0.224 e. The molecule has 2 rings (SSSR count).